The van der Waals surface area contributed by atoms with E-state index in [-0.39, 0.29) is 16.9 Å². The first-order chi connectivity index (χ1) is 6.13. The number of carbonyl (C=O) groups is 1. The first-order valence-electron chi connectivity index (χ1n) is 3.98. The van der Waals surface area contributed by atoms with Crippen molar-refractivity contribution in [3.63, 3.8) is 0 Å². The van der Waals surface area contributed by atoms with E-state index in [1.165, 1.54) is 6.07 Å². The molecule has 0 aromatic carbocycles. The molecule has 13 heavy (non-hydrogen) atoms. The van der Waals surface area contributed by atoms with Crippen LogP contribution in [0.1, 0.15) is 30.8 Å². The number of nitrogens with zero attached hydrogens (tertiary/aromatic N) is 1. The summed E-state index contributed by atoms with van der Waals surface area (Å²) >= 11 is 0.761. The van der Waals surface area contributed by atoms with Crippen molar-refractivity contribution in [2.75, 3.05) is 0 Å². The van der Waals surface area contributed by atoms with Gasteiger partial charge in [-0.15, -0.1) is 0 Å². The Kier molecular flexibility index (Phi) is 3.25. The zero-order chi connectivity index (χ0) is 9.84. The molecule has 0 saturated carbocycles. The molecule has 0 spiro atoms. The van der Waals surface area contributed by atoms with Crippen LogP contribution in [0.4, 0.5) is 0 Å². The summed E-state index contributed by atoms with van der Waals surface area (Å²) in [6.45, 7) is 3.71. The molecular formula is C8H10NO3S. The van der Waals surface area contributed by atoms with Gasteiger partial charge in [0.25, 0.3) is 5.06 Å². The fourth-order valence-electron chi connectivity index (χ4n) is 0.681. The summed E-state index contributed by atoms with van der Waals surface area (Å²) in [5.74, 6) is -0.521. The highest BCUT2D eigenvalue weighted by Crippen LogP contribution is 2.18. The molecule has 71 valence electrons. The maximum Gasteiger partial charge on any atom is 0.358 e. The molecule has 1 aromatic rings. The van der Waals surface area contributed by atoms with Gasteiger partial charge in [0.1, 0.15) is 0 Å². The number of hydrogen-bond acceptors (Lipinski definition) is 4. The van der Waals surface area contributed by atoms with E-state index in [9.17, 15) is 9.90 Å². The van der Waals surface area contributed by atoms with Crippen molar-refractivity contribution in [2.24, 2.45) is 0 Å². The first kappa shape index (κ1) is 9.98. The van der Waals surface area contributed by atoms with Crippen LogP contribution in [0.15, 0.2) is 6.07 Å². The van der Waals surface area contributed by atoms with Crippen LogP contribution in [0, 0.1) is 0 Å². The van der Waals surface area contributed by atoms with Gasteiger partial charge in [-0.2, -0.15) is 4.37 Å². The van der Waals surface area contributed by atoms with Gasteiger partial charge in [-0.25, -0.2) is 4.79 Å². The van der Waals surface area contributed by atoms with Crippen molar-refractivity contribution in [1.29, 1.82) is 0 Å². The molecule has 1 aromatic heterocycles. The maximum absolute atomic E-state index is 11.2. The van der Waals surface area contributed by atoms with Crippen LogP contribution in [0.25, 0.3) is 0 Å². The van der Waals surface area contributed by atoms with Gasteiger partial charge in [-0.05, 0) is 13.3 Å². The van der Waals surface area contributed by atoms with Gasteiger partial charge >= 0.3 is 5.97 Å². The molecule has 1 atom stereocenters. The fraction of sp³-hybridized carbons (Fsp3) is 0.500. The standard InChI is InChI=1S/C8H10NO3S/c1-3-5(2)12-8(11)6-4-7(10)13-9-6/h4-5H,3H2,1-2H3. The Balaban J connectivity index is 2.58. The summed E-state index contributed by atoms with van der Waals surface area (Å²) in [5.41, 5.74) is 0.107. The molecule has 1 rings (SSSR count). The van der Waals surface area contributed by atoms with E-state index in [1.54, 1.807) is 6.92 Å². The van der Waals surface area contributed by atoms with Crippen LogP contribution in [0.5, 0.6) is 5.06 Å². The molecule has 0 saturated heterocycles. The Morgan fingerprint density at radius 1 is 1.77 bits per heavy atom. The fourth-order valence-corrected chi connectivity index (χ4v) is 1.16. The van der Waals surface area contributed by atoms with Crippen molar-refractivity contribution in [3.8, 4) is 5.06 Å². The average Bonchev–Trinajstić information content (AvgIpc) is 2.51. The molecule has 0 aliphatic heterocycles. The molecule has 4 nitrogen and oxygen atoms in total. The minimum absolute atomic E-state index is 0.107. The number of hydrogen-bond donors (Lipinski definition) is 0. The molecule has 0 bridgehead atoms. The normalized spacial score (nSPS) is 12.5. The Labute approximate surface area is 80.3 Å². The average molecular weight is 200 g/mol. The third-order valence-electron chi connectivity index (χ3n) is 1.58. The molecule has 1 heterocycles. The number of esters is 1. The van der Waals surface area contributed by atoms with Gasteiger partial charge in [-0.1, -0.05) is 6.92 Å². The Morgan fingerprint density at radius 2 is 2.46 bits per heavy atom. The lowest BCUT2D eigenvalue weighted by molar-refractivity contribution is 0.0328. The minimum atomic E-state index is -0.521. The zero-order valence-electron chi connectivity index (χ0n) is 7.44. The SMILES string of the molecule is CCC(C)OC(=O)c1cc([O])sn1. The van der Waals surface area contributed by atoms with Crippen LogP contribution in [-0.2, 0) is 9.84 Å². The Hall–Kier alpha value is -1.10. The summed E-state index contributed by atoms with van der Waals surface area (Å²) < 4.78 is 8.62. The Bertz CT molecular complexity index is 297. The molecule has 0 amide bonds. The predicted octanol–water partition coefficient (Wildman–Crippen LogP) is 2.24. The summed E-state index contributed by atoms with van der Waals surface area (Å²) in [7, 11) is 0. The lowest BCUT2D eigenvalue weighted by atomic mass is 10.3. The summed E-state index contributed by atoms with van der Waals surface area (Å²) in [5, 5.41) is 10.5. The van der Waals surface area contributed by atoms with Crippen LogP contribution < -0.4 is 0 Å². The number of aromatic nitrogens is 1. The maximum atomic E-state index is 11.2. The quantitative estimate of drug-likeness (QED) is 0.703. The van der Waals surface area contributed by atoms with E-state index < -0.39 is 5.97 Å². The molecule has 1 radical (unpaired) electrons. The van der Waals surface area contributed by atoms with Crippen molar-refractivity contribution in [3.05, 3.63) is 11.8 Å². The molecule has 0 N–H and O–H groups in total. The van der Waals surface area contributed by atoms with Gasteiger partial charge < -0.3 is 4.74 Å². The number of ether oxygens (including phenoxy) is 1. The monoisotopic (exact) mass is 200 g/mol. The van der Waals surface area contributed by atoms with E-state index in [0.29, 0.717) is 0 Å². The molecule has 5 heteroatoms. The topological polar surface area (TPSA) is 59.1 Å². The Morgan fingerprint density at radius 3 is 2.92 bits per heavy atom. The van der Waals surface area contributed by atoms with Crippen LogP contribution >= 0.6 is 11.5 Å². The van der Waals surface area contributed by atoms with Crippen LogP contribution in [0.3, 0.4) is 0 Å². The van der Waals surface area contributed by atoms with Gasteiger partial charge in [0.15, 0.2) is 5.69 Å². The van der Waals surface area contributed by atoms with Crippen LogP contribution in [-0.4, -0.2) is 16.4 Å². The molecular weight excluding hydrogens is 190 g/mol. The molecule has 0 aliphatic rings. The third-order valence-corrected chi connectivity index (χ3v) is 2.17. The minimum Gasteiger partial charge on any atom is -0.458 e. The van der Waals surface area contributed by atoms with Crippen molar-refractivity contribution >= 4 is 17.5 Å². The summed E-state index contributed by atoms with van der Waals surface area (Å²) in [6.07, 6.45) is 0.615. The summed E-state index contributed by atoms with van der Waals surface area (Å²) in [6, 6.07) is 1.19. The smallest absolute Gasteiger partial charge is 0.358 e. The van der Waals surface area contributed by atoms with Gasteiger partial charge in [0.05, 0.1) is 6.10 Å². The second-order valence-corrected chi connectivity index (χ2v) is 3.42. The summed E-state index contributed by atoms with van der Waals surface area (Å²) in [4.78, 5) is 11.2. The first-order valence-corrected chi connectivity index (χ1v) is 4.75. The van der Waals surface area contributed by atoms with Gasteiger partial charge in [0.2, 0.25) is 0 Å². The molecule has 1 unspecified atom stereocenters. The highest BCUT2D eigenvalue weighted by atomic mass is 32.1. The highest BCUT2D eigenvalue weighted by Gasteiger charge is 2.14. The lowest BCUT2D eigenvalue weighted by Crippen LogP contribution is -2.13. The highest BCUT2D eigenvalue weighted by molar-refractivity contribution is 7.07. The van der Waals surface area contributed by atoms with Crippen molar-refractivity contribution in [2.45, 2.75) is 26.4 Å². The lowest BCUT2D eigenvalue weighted by Gasteiger charge is -2.08. The van der Waals surface area contributed by atoms with E-state index in [1.807, 2.05) is 6.92 Å². The largest absolute Gasteiger partial charge is 0.458 e. The van der Waals surface area contributed by atoms with Crippen molar-refractivity contribution < 1.29 is 14.6 Å². The zero-order valence-corrected chi connectivity index (χ0v) is 8.26. The third kappa shape index (κ3) is 2.69. The van der Waals surface area contributed by atoms with Crippen molar-refractivity contribution in [1.82, 2.24) is 4.37 Å². The van der Waals surface area contributed by atoms with E-state index in [4.69, 9.17) is 4.74 Å². The van der Waals surface area contributed by atoms with E-state index in [0.717, 1.165) is 18.0 Å². The second-order valence-electron chi connectivity index (χ2n) is 2.66. The number of rotatable bonds is 3. The van der Waals surface area contributed by atoms with Crippen LogP contribution in [0.2, 0.25) is 0 Å². The van der Waals surface area contributed by atoms with Gasteiger partial charge in [-0.3, -0.25) is 5.11 Å². The second kappa shape index (κ2) is 4.23. The van der Waals surface area contributed by atoms with Gasteiger partial charge in [0, 0.05) is 17.6 Å². The number of carbonyl (C=O) groups excluding carboxylic acids is 1. The predicted molar refractivity (Wildman–Crippen MR) is 47.4 cm³/mol. The van der Waals surface area contributed by atoms with E-state index >= 15 is 0 Å². The molecule has 0 aliphatic carbocycles. The van der Waals surface area contributed by atoms with E-state index in [2.05, 4.69) is 4.37 Å². The molecule has 0 fully saturated rings.